The van der Waals surface area contributed by atoms with Gasteiger partial charge in [-0.3, -0.25) is 4.98 Å². The van der Waals surface area contributed by atoms with E-state index in [1.54, 1.807) is 19.1 Å². The predicted octanol–water partition coefficient (Wildman–Crippen LogP) is 2.26. The number of aromatic nitrogens is 1. The maximum atomic E-state index is 11.6. The minimum absolute atomic E-state index is 0.0907. The summed E-state index contributed by atoms with van der Waals surface area (Å²) in [6.07, 6.45) is 1.07. The molecule has 6 heteroatoms. The van der Waals surface area contributed by atoms with Crippen molar-refractivity contribution in [2.24, 2.45) is 0 Å². The van der Waals surface area contributed by atoms with Crippen LogP contribution in [0.15, 0.2) is 23.1 Å². The van der Waals surface area contributed by atoms with Gasteiger partial charge in [0.15, 0.2) is 9.84 Å². The highest BCUT2D eigenvalue weighted by Crippen LogP contribution is 2.33. The van der Waals surface area contributed by atoms with Gasteiger partial charge in [-0.15, -0.1) is 0 Å². The molecule has 90 valence electrons. The molecule has 1 aromatic carbocycles. The Hall–Kier alpha value is -0.890. The minimum atomic E-state index is -3.48. The van der Waals surface area contributed by atoms with Crippen molar-refractivity contribution in [3.8, 4) is 5.75 Å². The van der Waals surface area contributed by atoms with Crippen molar-refractivity contribution in [1.29, 1.82) is 0 Å². The number of aromatic hydroxyl groups is 1. The minimum Gasteiger partial charge on any atom is -0.506 e. The first-order valence-corrected chi connectivity index (χ1v) is 7.76. The summed E-state index contributed by atoms with van der Waals surface area (Å²) in [5, 5.41) is 10.5. The van der Waals surface area contributed by atoms with E-state index >= 15 is 0 Å². The van der Waals surface area contributed by atoms with E-state index in [-0.39, 0.29) is 10.6 Å². The number of fused-ring (bicyclic) bond motifs is 1. The Morgan fingerprint density at radius 3 is 2.59 bits per heavy atom. The van der Waals surface area contributed by atoms with Crippen molar-refractivity contribution in [2.45, 2.75) is 11.8 Å². The van der Waals surface area contributed by atoms with Crippen LogP contribution in [-0.2, 0) is 9.84 Å². The van der Waals surface area contributed by atoms with Crippen molar-refractivity contribution >= 4 is 43.3 Å². The fourth-order valence-electron chi connectivity index (χ4n) is 1.76. The number of hydrogen-bond donors (Lipinski definition) is 1. The molecular formula is C11H10INO3S. The molecule has 2 aromatic rings. The SMILES string of the molecule is Cc1nc2ccc(I)cc2c(O)c1S(C)(=O)=O. The Kier molecular flexibility index (Phi) is 3.03. The van der Waals surface area contributed by atoms with Gasteiger partial charge in [-0.1, -0.05) is 0 Å². The highest BCUT2D eigenvalue weighted by atomic mass is 127. The van der Waals surface area contributed by atoms with Gasteiger partial charge in [0.05, 0.1) is 11.2 Å². The summed E-state index contributed by atoms with van der Waals surface area (Å²) in [5.41, 5.74) is 0.909. The molecule has 0 aliphatic rings. The summed E-state index contributed by atoms with van der Waals surface area (Å²) >= 11 is 2.10. The van der Waals surface area contributed by atoms with Gasteiger partial charge >= 0.3 is 0 Å². The zero-order chi connectivity index (χ0) is 12.8. The summed E-state index contributed by atoms with van der Waals surface area (Å²) in [4.78, 5) is 4.11. The van der Waals surface area contributed by atoms with Crippen LogP contribution in [0.5, 0.6) is 5.75 Å². The summed E-state index contributed by atoms with van der Waals surface area (Å²) in [5.74, 6) is -0.214. The fourth-order valence-corrected chi connectivity index (χ4v) is 3.30. The van der Waals surface area contributed by atoms with Crippen LogP contribution in [0.3, 0.4) is 0 Å². The predicted molar refractivity (Wildman–Crippen MR) is 74.0 cm³/mol. The molecule has 4 nitrogen and oxygen atoms in total. The Labute approximate surface area is 113 Å². The van der Waals surface area contributed by atoms with Crippen LogP contribution in [0.1, 0.15) is 5.69 Å². The second-order valence-corrected chi connectivity index (χ2v) is 7.01. The Morgan fingerprint density at radius 2 is 2.00 bits per heavy atom. The summed E-state index contributed by atoms with van der Waals surface area (Å²) in [7, 11) is -3.48. The van der Waals surface area contributed by atoms with E-state index < -0.39 is 9.84 Å². The Balaban J connectivity index is 2.98. The topological polar surface area (TPSA) is 67.3 Å². The average Bonchev–Trinajstić information content (AvgIpc) is 2.17. The third-order valence-electron chi connectivity index (χ3n) is 2.42. The van der Waals surface area contributed by atoms with E-state index in [4.69, 9.17) is 0 Å². The van der Waals surface area contributed by atoms with Crippen molar-refractivity contribution in [3.05, 3.63) is 27.5 Å². The lowest BCUT2D eigenvalue weighted by atomic mass is 10.2. The van der Waals surface area contributed by atoms with Crippen LogP contribution in [-0.4, -0.2) is 24.8 Å². The highest BCUT2D eigenvalue weighted by Gasteiger charge is 2.20. The normalized spacial score (nSPS) is 11.9. The van der Waals surface area contributed by atoms with Crippen LogP contribution in [0.2, 0.25) is 0 Å². The third kappa shape index (κ3) is 2.23. The van der Waals surface area contributed by atoms with E-state index in [9.17, 15) is 13.5 Å². The Bertz CT molecular complexity index is 710. The van der Waals surface area contributed by atoms with Crippen LogP contribution in [0.4, 0.5) is 0 Å². The lowest BCUT2D eigenvalue weighted by Crippen LogP contribution is -2.03. The maximum Gasteiger partial charge on any atom is 0.180 e. The number of hydrogen-bond acceptors (Lipinski definition) is 4. The quantitative estimate of drug-likeness (QED) is 0.790. The molecular weight excluding hydrogens is 353 g/mol. The van der Waals surface area contributed by atoms with Gasteiger partial charge in [0, 0.05) is 15.2 Å². The number of nitrogens with zero attached hydrogens (tertiary/aromatic N) is 1. The molecule has 0 saturated carbocycles. The van der Waals surface area contributed by atoms with Crippen molar-refractivity contribution in [1.82, 2.24) is 4.98 Å². The molecule has 0 fully saturated rings. The van der Waals surface area contributed by atoms with E-state index in [1.165, 1.54) is 0 Å². The van der Waals surface area contributed by atoms with E-state index in [0.717, 1.165) is 9.83 Å². The van der Waals surface area contributed by atoms with Crippen LogP contribution in [0.25, 0.3) is 10.9 Å². The van der Waals surface area contributed by atoms with Crippen molar-refractivity contribution in [3.63, 3.8) is 0 Å². The summed E-state index contributed by atoms with van der Waals surface area (Å²) < 4.78 is 24.1. The molecule has 0 aliphatic carbocycles. The molecule has 0 aliphatic heterocycles. The smallest absolute Gasteiger partial charge is 0.180 e. The first-order chi connectivity index (χ1) is 7.80. The molecule has 1 N–H and O–H groups in total. The summed E-state index contributed by atoms with van der Waals surface area (Å²) in [6, 6.07) is 5.33. The molecule has 2 rings (SSSR count). The Morgan fingerprint density at radius 1 is 1.35 bits per heavy atom. The van der Waals surface area contributed by atoms with Gasteiger partial charge in [0.25, 0.3) is 0 Å². The second-order valence-electron chi connectivity index (χ2n) is 3.81. The number of benzene rings is 1. The molecule has 0 spiro atoms. The monoisotopic (exact) mass is 363 g/mol. The van der Waals surface area contributed by atoms with Gasteiger partial charge in [-0.2, -0.15) is 0 Å². The average molecular weight is 363 g/mol. The lowest BCUT2D eigenvalue weighted by molar-refractivity contribution is 0.463. The standard InChI is InChI=1S/C11H10INO3S/c1-6-11(17(2,15)16)10(14)8-5-7(12)3-4-9(8)13-6/h3-5H,1-2H3,(H,13,14). The van der Waals surface area contributed by atoms with Gasteiger partial charge in [-0.25, -0.2) is 8.42 Å². The molecule has 0 saturated heterocycles. The molecule has 0 atom stereocenters. The molecule has 0 unspecified atom stereocenters. The zero-order valence-electron chi connectivity index (χ0n) is 9.23. The van der Waals surface area contributed by atoms with Gasteiger partial charge < -0.3 is 5.11 Å². The van der Waals surface area contributed by atoms with Gasteiger partial charge in [0.1, 0.15) is 10.6 Å². The molecule has 0 bridgehead atoms. The van der Waals surface area contributed by atoms with Crippen molar-refractivity contribution < 1.29 is 13.5 Å². The maximum absolute atomic E-state index is 11.6. The number of pyridine rings is 1. The number of rotatable bonds is 1. The van der Waals surface area contributed by atoms with E-state index in [0.29, 0.717) is 16.6 Å². The van der Waals surface area contributed by atoms with Gasteiger partial charge in [-0.05, 0) is 47.7 Å². The first-order valence-electron chi connectivity index (χ1n) is 4.79. The van der Waals surface area contributed by atoms with E-state index in [1.807, 2.05) is 6.07 Å². The van der Waals surface area contributed by atoms with E-state index in [2.05, 4.69) is 27.6 Å². The number of aryl methyl sites for hydroxylation is 1. The second kappa shape index (κ2) is 4.09. The van der Waals surface area contributed by atoms with Crippen LogP contribution >= 0.6 is 22.6 Å². The third-order valence-corrected chi connectivity index (χ3v) is 4.32. The fraction of sp³-hybridized carbons (Fsp3) is 0.182. The number of sulfone groups is 1. The molecule has 1 aromatic heterocycles. The molecule has 0 radical (unpaired) electrons. The van der Waals surface area contributed by atoms with Crippen LogP contribution < -0.4 is 0 Å². The molecule has 0 amide bonds. The zero-order valence-corrected chi connectivity index (χ0v) is 12.2. The first kappa shape index (κ1) is 12.6. The van der Waals surface area contributed by atoms with Crippen LogP contribution in [0, 0.1) is 10.5 Å². The summed E-state index contributed by atoms with van der Waals surface area (Å²) in [6.45, 7) is 1.58. The molecule has 17 heavy (non-hydrogen) atoms. The lowest BCUT2D eigenvalue weighted by Gasteiger charge is -2.09. The molecule has 1 heterocycles. The largest absolute Gasteiger partial charge is 0.506 e. The van der Waals surface area contributed by atoms with Gasteiger partial charge in [0.2, 0.25) is 0 Å². The highest BCUT2D eigenvalue weighted by molar-refractivity contribution is 14.1. The van der Waals surface area contributed by atoms with Crippen molar-refractivity contribution in [2.75, 3.05) is 6.26 Å². The number of halogens is 1.